The van der Waals surface area contributed by atoms with Crippen molar-refractivity contribution in [1.82, 2.24) is 19.9 Å². The van der Waals surface area contributed by atoms with E-state index < -0.39 is 0 Å². The highest BCUT2D eigenvalue weighted by Crippen LogP contribution is 2.21. The summed E-state index contributed by atoms with van der Waals surface area (Å²) in [6.07, 6.45) is 1.81. The van der Waals surface area contributed by atoms with Gasteiger partial charge in [0.2, 0.25) is 5.76 Å². The molecule has 1 aromatic heterocycles. The van der Waals surface area contributed by atoms with E-state index in [9.17, 15) is 9.59 Å². The maximum atomic E-state index is 12.8. The highest BCUT2D eigenvalue weighted by Gasteiger charge is 2.32. The number of likely N-dealkylation sites (tertiary alicyclic amines) is 1. The molecule has 3 rings (SSSR count). The van der Waals surface area contributed by atoms with Crippen molar-refractivity contribution in [3.63, 3.8) is 0 Å². The third-order valence-corrected chi connectivity index (χ3v) is 5.37. The maximum absolute atomic E-state index is 12.8. The Morgan fingerprint density at radius 2 is 1.96 bits per heavy atom. The fourth-order valence-electron chi connectivity index (χ4n) is 3.74. The van der Waals surface area contributed by atoms with E-state index in [1.54, 1.807) is 11.0 Å². The van der Waals surface area contributed by atoms with Crippen LogP contribution >= 0.6 is 0 Å². The van der Waals surface area contributed by atoms with Gasteiger partial charge < -0.3 is 19.1 Å². The van der Waals surface area contributed by atoms with Crippen molar-refractivity contribution in [3.8, 4) is 0 Å². The average Bonchev–Trinajstić information content (AvgIpc) is 3.18. The molecular formula is C19H30N4O4. The first kappa shape index (κ1) is 19.7. The third kappa shape index (κ3) is 4.61. The normalized spacial score (nSPS) is 21.6. The molecule has 0 bridgehead atoms. The highest BCUT2D eigenvalue weighted by molar-refractivity contribution is 5.91. The molecule has 2 fully saturated rings. The van der Waals surface area contributed by atoms with Crippen LogP contribution in [-0.2, 0) is 4.74 Å². The number of piperidine rings is 1. The number of aromatic nitrogens is 1. The molecule has 8 nitrogen and oxygen atoms in total. The summed E-state index contributed by atoms with van der Waals surface area (Å²) in [5.41, 5.74) is 0.807. The Morgan fingerprint density at radius 1 is 1.22 bits per heavy atom. The number of amides is 2. The van der Waals surface area contributed by atoms with Gasteiger partial charge in [-0.2, -0.15) is 0 Å². The molecule has 0 saturated carbocycles. The first-order valence-electron chi connectivity index (χ1n) is 9.91. The summed E-state index contributed by atoms with van der Waals surface area (Å²) in [6, 6.07) is 2.08. The van der Waals surface area contributed by atoms with Gasteiger partial charge in [0.25, 0.3) is 5.91 Å². The quantitative estimate of drug-likeness (QED) is 0.799. The first-order valence-corrected chi connectivity index (χ1v) is 9.91. The van der Waals surface area contributed by atoms with Crippen molar-refractivity contribution in [1.29, 1.82) is 0 Å². The standard InChI is InChI=1S/C19H30N4O4/c1-4-26-19(25)22-10-8-21(9-11-22)15-6-5-7-23(13-15)18(24)17-12-16(14(2)3)20-27-17/h12,14-15H,4-11,13H2,1-3H3/t15-/m1/s1. The summed E-state index contributed by atoms with van der Waals surface area (Å²) in [5, 5.41) is 4.00. The van der Waals surface area contributed by atoms with E-state index in [-0.39, 0.29) is 17.9 Å². The Bertz CT molecular complexity index is 652. The Morgan fingerprint density at radius 3 is 2.59 bits per heavy atom. The second-order valence-electron chi connectivity index (χ2n) is 7.54. The van der Waals surface area contributed by atoms with Crippen LogP contribution in [0, 0.1) is 0 Å². The first-order chi connectivity index (χ1) is 13.0. The van der Waals surface area contributed by atoms with Crippen molar-refractivity contribution >= 4 is 12.0 Å². The van der Waals surface area contributed by atoms with Crippen LogP contribution in [0.15, 0.2) is 10.6 Å². The summed E-state index contributed by atoms with van der Waals surface area (Å²) < 4.78 is 10.3. The van der Waals surface area contributed by atoms with Crippen LogP contribution in [0.25, 0.3) is 0 Å². The molecule has 2 aliphatic rings. The Kier molecular flexibility index (Phi) is 6.36. The fraction of sp³-hybridized carbons (Fsp3) is 0.737. The van der Waals surface area contributed by atoms with Gasteiger partial charge in [-0.1, -0.05) is 19.0 Å². The lowest BCUT2D eigenvalue weighted by Crippen LogP contribution is -2.56. The van der Waals surface area contributed by atoms with E-state index in [1.807, 2.05) is 25.7 Å². The van der Waals surface area contributed by atoms with Gasteiger partial charge >= 0.3 is 6.09 Å². The molecule has 2 saturated heterocycles. The van der Waals surface area contributed by atoms with Crippen molar-refractivity contribution in [2.75, 3.05) is 45.9 Å². The second kappa shape index (κ2) is 8.73. The lowest BCUT2D eigenvalue weighted by Gasteiger charge is -2.42. The molecule has 3 heterocycles. The Balaban J connectivity index is 1.55. The van der Waals surface area contributed by atoms with Crippen LogP contribution in [0.1, 0.15) is 55.8 Å². The van der Waals surface area contributed by atoms with E-state index in [4.69, 9.17) is 9.26 Å². The molecule has 2 amide bonds. The highest BCUT2D eigenvalue weighted by atomic mass is 16.6. The molecule has 150 valence electrons. The zero-order valence-electron chi connectivity index (χ0n) is 16.5. The topological polar surface area (TPSA) is 79.1 Å². The molecule has 0 unspecified atom stereocenters. The number of carbonyl (C=O) groups is 2. The number of hydrogen-bond donors (Lipinski definition) is 0. The Hall–Kier alpha value is -2.09. The molecule has 0 aliphatic carbocycles. The SMILES string of the molecule is CCOC(=O)N1CCN([C@@H]2CCCN(C(=O)c3cc(C(C)C)no3)C2)CC1. The number of nitrogens with zero attached hydrogens (tertiary/aromatic N) is 4. The largest absolute Gasteiger partial charge is 0.450 e. The zero-order valence-corrected chi connectivity index (χ0v) is 16.5. The smallest absolute Gasteiger partial charge is 0.409 e. The van der Waals surface area contributed by atoms with Crippen LogP contribution in [0.3, 0.4) is 0 Å². The number of carbonyl (C=O) groups excluding carboxylic acids is 2. The lowest BCUT2D eigenvalue weighted by molar-refractivity contribution is 0.0360. The van der Waals surface area contributed by atoms with Crippen LogP contribution in [0.4, 0.5) is 4.79 Å². The monoisotopic (exact) mass is 378 g/mol. The van der Waals surface area contributed by atoms with Crippen molar-refractivity contribution in [3.05, 3.63) is 17.5 Å². The van der Waals surface area contributed by atoms with Gasteiger partial charge in [-0.15, -0.1) is 0 Å². The number of rotatable bonds is 4. The molecule has 1 aromatic rings. The summed E-state index contributed by atoms with van der Waals surface area (Å²) in [6.45, 7) is 10.7. The number of hydrogen-bond acceptors (Lipinski definition) is 6. The summed E-state index contributed by atoms with van der Waals surface area (Å²) in [7, 11) is 0. The van der Waals surface area contributed by atoms with E-state index in [0.717, 1.165) is 38.2 Å². The minimum Gasteiger partial charge on any atom is -0.450 e. The average molecular weight is 378 g/mol. The summed E-state index contributed by atoms with van der Waals surface area (Å²) in [4.78, 5) is 30.6. The van der Waals surface area contributed by atoms with Gasteiger partial charge in [-0.05, 0) is 25.7 Å². The molecular weight excluding hydrogens is 348 g/mol. The van der Waals surface area contributed by atoms with Crippen molar-refractivity contribution in [2.24, 2.45) is 0 Å². The van der Waals surface area contributed by atoms with Crippen molar-refractivity contribution in [2.45, 2.75) is 45.6 Å². The fourth-order valence-corrected chi connectivity index (χ4v) is 3.74. The van der Waals surface area contributed by atoms with Gasteiger partial charge in [-0.3, -0.25) is 9.69 Å². The maximum Gasteiger partial charge on any atom is 0.409 e. The van der Waals surface area contributed by atoms with Crippen LogP contribution < -0.4 is 0 Å². The van der Waals surface area contributed by atoms with Crippen LogP contribution in [0.2, 0.25) is 0 Å². The van der Waals surface area contributed by atoms with Gasteiger partial charge in [0, 0.05) is 51.4 Å². The molecule has 2 aliphatic heterocycles. The molecule has 0 spiro atoms. The van der Waals surface area contributed by atoms with Crippen LogP contribution in [-0.4, -0.2) is 83.8 Å². The summed E-state index contributed by atoms with van der Waals surface area (Å²) >= 11 is 0. The zero-order chi connectivity index (χ0) is 19.4. The molecule has 0 N–H and O–H groups in total. The lowest BCUT2D eigenvalue weighted by atomic mass is 10.0. The Labute approximate surface area is 160 Å². The molecule has 8 heteroatoms. The minimum atomic E-state index is -0.233. The molecule has 0 radical (unpaired) electrons. The van der Waals surface area contributed by atoms with E-state index in [2.05, 4.69) is 10.1 Å². The van der Waals surface area contributed by atoms with Gasteiger partial charge in [-0.25, -0.2) is 4.79 Å². The second-order valence-corrected chi connectivity index (χ2v) is 7.54. The van der Waals surface area contributed by atoms with E-state index in [1.165, 1.54) is 0 Å². The van der Waals surface area contributed by atoms with E-state index in [0.29, 0.717) is 38.0 Å². The van der Waals surface area contributed by atoms with Gasteiger partial charge in [0.1, 0.15) is 0 Å². The number of ether oxygens (including phenoxy) is 1. The summed E-state index contributed by atoms with van der Waals surface area (Å²) in [5.74, 6) is 0.482. The molecule has 27 heavy (non-hydrogen) atoms. The van der Waals surface area contributed by atoms with Crippen LogP contribution in [0.5, 0.6) is 0 Å². The minimum absolute atomic E-state index is 0.0794. The van der Waals surface area contributed by atoms with Gasteiger partial charge in [0.15, 0.2) is 0 Å². The third-order valence-electron chi connectivity index (χ3n) is 5.37. The van der Waals surface area contributed by atoms with Gasteiger partial charge in [0.05, 0.1) is 12.3 Å². The number of piperazine rings is 1. The molecule has 0 aromatic carbocycles. The predicted octanol–water partition coefficient (Wildman–Crippen LogP) is 2.18. The van der Waals surface area contributed by atoms with Crippen molar-refractivity contribution < 1.29 is 18.8 Å². The predicted molar refractivity (Wildman–Crippen MR) is 99.7 cm³/mol. The molecule has 1 atom stereocenters. The van der Waals surface area contributed by atoms with E-state index >= 15 is 0 Å².